The number of nitrogens with one attached hydrogen (secondary N) is 1. The lowest BCUT2D eigenvalue weighted by molar-refractivity contribution is -0.137. The highest BCUT2D eigenvalue weighted by Crippen LogP contribution is 2.29. The number of anilines is 2. The predicted molar refractivity (Wildman–Crippen MR) is 124 cm³/mol. The van der Waals surface area contributed by atoms with Crippen molar-refractivity contribution in [2.45, 2.75) is 36.4 Å². The quantitative estimate of drug-likeness (QED) is 0.637. The maximum absolute atomic E-state index is 13.1. The van der Waals surface area contributed by atoms with Crippen molar-refractivity contribution in [2.75, 3.05) is 43.1 Å². The highest BCUT2D eigenvalue weighted by molar-refractivity contribution is 7.89. The summed E-state index contributed by atoms with van der Waals surface area (Å²) in [6.45, 7) is 2.25. The van der Waals surface area contributed by atoms with E-state index in [0.29, 0.717) is 31.9 Å². The van der Waals surface area contributed by atoms with Crippen LogP contribution < -0.4 is 16.0 Å². The van der Waals surface area contributed by atoms with Gasteiger partial charge in [-0.25, -0.2) is 18.2 Å². The summed E-state index contributed by atoms with van der Waals surface area (Å²) in [5.41, 5.74) is 5.36. The van der Waals surface area contributed by atoms with Gasteiger partial charge in [0.05, 0.1) is 17.1 Å². The summed E-state index contributed by atoms with van der Waals surface area (Å²) in [5.74, 6) is 0.322. The number of rotatable bonds is 5. The Bertz CT molecular complexity index is 1130. The van der Waals surface area contributed by atoms with Crippen LogP contribution in [-0.2, 0) is 16.2 Å². The van der Waals surface area contributed by atoms with E-state index in [1.54, 1.807) is 24.3 Å². The molecule has 2 amide bonds. The van der Waals surface area contributed by atoms with Crippen LogP contribution in [0.2, 0.25) is 0 Å². The highest BCUT2D eigenvalue weighted by Gasteiger charge is 2.32. The fourth-order valence-corrected chi connectivity index (χ4v) is 5.73. The lowest BCUT2D eigenvalue weighted by Gasteiger charge is -2.36. The predicted octanol–water partition coefficient (Wildman–Crippen LogP) is 2.91. The smallest absolute Gasteiger partial charge is 0.367 e. The van der Waals surface area contributed by atoms with Crippen LogP contribution in [0.25, 0.3) is 0 Å². The average Bonchev–Trinajstić information content (AvgIpc) is 2.84. The van der Waals surface area contributed by atoms with E-state index in [1.807, 2.05) is 4.90 Å². The molecule has 4 rings (SSSR count). The van der Waals surface area contributed by atoms with Gasteiger partial charge in [-0.2, -0.15) is 17.5 Å². The first kappa shape index (κ1) is 25.0. The molecule has 3 N–H and O–H groups in total. The number of nitrogens with two attached hydrogens (primary N) is 1. The molecule has 2 aliphatic heterocycles. The molecule has 1 aromatic heterocycles. The van der Waals surface area contributed by atoms with Crippen molar-refractivity contribution in [2.24, 2.45) is 5.73 Å². The Morgan fingerprint density at radius 1 is 1.03 bits per heavy atom. The minimum atomic E-state index is -4.44. The summed E-state index contributed by atoms with van der Waals surface area (Å²) in [7, 11) is -3.69. The zero-order valence-electron chi connectivity index (χ0n) is 18.9. The van der Waals surface area contributed by atoms with Gasteiger partial charge in [0.2, 0.25) is 10.0 Å². The van der Waals surface area contributed by atoms with Crippen molar-refractivity contribution < 1.29 is 26.4 Å². The molecule has 1 aromatic carbocycles. The first-order chi connectivity index (χ1) is 16.5. The van der Waals surface area contributed by atoms with Gasteiger partial charge >= 0.3 is 12.2 Å². The largest absolute Gasteiger partial charge is 0.417 e. The van der Waals surface area contributed by atoms with Gasteiger partial charge < -0.3 is 20.9 Å². The fraction of sp³-hybridized carbons (Fsp3) is 0.455. The lowest BCUT2D eigenvalue weighted by atomic mass is 10.1. The van der Waals surface area contributed by atoms with Gasteiger partial charge in [-0.3, -0.25) is 0 Å². The van der Waals surface area contributed by atoms with Gasteiger partial charge in [0.25, 0.3) is 0 Å². The molecule has 0 bridgehead atoms. The summed E-state index contributed by atoms with van der Waals surface area (Å²) in [4.78, 5) is 19.0. The second-order valence-corrected chi connectivity index (χ2v) is 10.5. The van der Waals surface area contributed by atoms with Crippen molar-refractivity contribution in [1.29, 1.82) is 0 Å². The number of urea groups is 1. The first-order valence-corrected chi connectivity index (χ1v) is 12.7. The van der Waals surface area contributed by atoms with E-state index in [9.17, 15) is 26.4 Å². The van der Waals surface area contributed by atoms with Gasteiger partial charge in [-0.15, -0.1) is 0 Å². The number of benzene rings is 1. The number of piperidine rings is 1. The van der Waals surface area contributed by atoms with Crippen molar-refractivity contribution >= 4 is 27.6 Å². The summed E-state index contributed by atoms with van der Waals surface area (Å²) in [6, 6.07) is 8.23. The molecule has 0 unspecified atom stereocenters. The molecule has 2 aromatic rings. The number of carbonyl (C=O) groups is 1. The van der Waals surface area contributed by atoms with E-state index in [2.05, 4.69) is 10.3 Å². The number of amides is 2. The molecule has 0 aliphatic carbocycles. The van der Waals surface area contributed by atoms with Gasteiger partial charge in [-0.05, 0) is 55.7 Å². The molecule has 13 heteroatoms. The summed E-state index contributed by atoms with van der Waals surface area (Å²) < 4.78 is 65.7. The zero-order chi connectivity index (χ0) is 25.2. The molecule has 0 spiro atoms. The maximum atomic E-state index is 13.1. The molecule has 190 valence electrons. The number of primary amides is 1. The van der Waals surface area contributed by atoms with Crippen LogP contribution >= 0.6 is 0 Å². The van der Waals surface area contributed by atoms with Crippen LogP contribution in [0.3, 0.4) is 0 Å². The van der Waals surface area contributed by atoms with E-state index in [4.69, 9.17) is 5.73 Å². The number of pyridine rings is 1. The normalized spacial score (nSPS) is 18.5. The van der Waals surface area contributed by atoms with Crippen LogP contribution in [0.15, 0.2) is 47.5 Å². The van der Waals surface area contributed by atoms with E-state index >= 15 is 0 Å². The second kappa shape index (κ2) is 9.90. The number of nitrogens with zero attached hydrogens (tertiary/aromatic N) is 4. The third kappa shape index (κ3) is 5.78. The number of aromatic nitrogens is 1. The summed E-state index contributed by atoms with van der Waals surface area (Å²) in [6.07, 6.45) is -1.90. The third-order valence-corrected chi connectivity index (χ3v) is 8.16. The minimum absolute atomic E-state index is 0.0969. The SMILES string of the molecule is NC(=O)N1CCCN(c2ccc(S(=O)(=O)N3CCC(Nc4ccc(C(F)(F)F)cn4)CC3)cc2)C1. The lowest BCUT2D eigenvalue weighted by Crippen LogP contribution is -2.49. The van der Waals surface area contributed by atoms with Crippen molar-refractivity contribution in [1.82, 2.24) is 14.2 Å². The van der Waals surface area contributed by atoms with E-state index in [1.165, 1.54) is 15.3 Å². The summed E-state index contributed by atoms with van der Waals surface area (Å²) >= 11 is 0. The molecular formula is C22H27F3N6O3S. The number of hydrogen-bond acceptors (Lipinski definition) is 6. The van der Waals surface area contributed by atoms with Crippen LogP contribution in [0.5, 0.6) is 0 Å². The Hall–Kier alpha value is -3.06. The van der Waals surface area contributed by atoms with E-state index < -0.39 is 27.8 Å². The van der Waals surface area contributed by atoms with Crippen LogP contribution in [-0.4, -0.2) is 67.5 Å². The van der Waals surface area contributed by atoms with E-state index in [-0.39, 0.29) is 24.0 Å². The monoisotopic (exact) mass is 512 g/mol. The fourth-order valence-electron chi connectivity index (χ4n) is 4.27. The van der Waals surface area contributed by atoms with Gasteiger partial charge in [0, 0.05) is 44.1 Å². The van der Waals surface area contributed by atoms with Gasteiger partial charge in [-0.1, -0.05) is 0 Å². The Morgan fingerprint density at radius 3 is 2.29 bits per heavy atom. The average molecular weight is 513 g/mol. The van der Waals surface area contributed by atoms with Gasteiger partial charge in [0.15, 0.2) is 0 Å². The molecule has 2 saturated heterocycles. The number of hydrogen-bond donors (Lipinski definition) is 2. The molecule has 35 heavy (non-hydrogen) atoms. The molecular weight excluding hydrogens is 485 g/mol. The molecule has 2 aliphatic rings. The first-order valence-electron chi connectivity index (χ1n) is 11.2. The molecule has 3 heterocycles. The third-order valence-electron chi connectivity index (χ3n) is 6.25. The number of carbonyl (C=O) groups excluding carboxylic acids is 1. The maximum Gasteiger partial charge on any atom is 0.417 e. The molecule has 2 fully saturated rings. The van der Waals surface area contributed by atoms with Crippen LogP contribution in [0.1, 0.15) is 24.8 Å². The molecule has 9 nitrogen and oxygen atoms in total. The number of halogens is 3. The van der Waals surface area contributed by atoms with Crippen molar-refractivity contribution in [3.05, 3.63) is 48.2 Å². The van der Waals surface area contributed by atoms with E-state index in [0.717, 1.165) is 30.9 Å². The Kier molecular flexibility index (Phi) is 7.08. The Balaban J connectivity index is 1.34. The molecule has 0 radical (unpaired) electrons. The minimum Gasteiger partial charge on any atom is -0.367 e. The summed E-state index contributed by atoms with van der Waals surface area (Å²) in [5, 5.41) is 3.08. The van der Waals surface area contributed by atoms with Crippen LogP contribution in [0, 0.1) is 0 Å². The van der Waals surface area contributed by atoms with Crippen LogP contribution in [0.4, 0.5) is 29.5 Å². The van der Waals surface area contributed by atoms with Crippen molar-refractivity contribution in [3.63, 3.8) is 0 Å². The van der Waals surface area contributed by atoms with Gasteiger partial charge in [0.1, 0.15) is 5.82 Å². The zero-order valence-corrected chi connectivity index (χ0v) is 19.7. The standard InChI is InChI=1S/C22H27F3N6O3S/c23-22(24,25)16-2-7-20(27-14-16)28-17-8-12-31(13-9-17)35(33,34)19-5-3-18(4-6-19)29-10-1-11-30(15-29)21(26)32/h2-7,14,17H,1,8-13,15H2,(H2,26,32)(H,27,28). The highest BCUT2D eigenvalue weighted by atomic mass is 32.2. The van der Waals surface area contributed by atoms with Crippen molar-refractivity contribution in [3.8, 4) is 0 Å². The topological polar surface area (TPSA) is 112 Å². The number of sulfonamides is 1. The Morgan fingerprint density at radius 2 is 1.71 bits per heavy atom. The molecule has 0 saturated carbocycles. The Labute approximate surface area is 201 Å². The number of alkyl halides is 3. The second-order valence-electron chi connectivity index (χ2n) is 8.61. The molecule has 0 atom stereocenters.